The molecule has 3 aromatic rings. The molecule has 0 saturated heterocycles. The van der Waals surface area contributed by atoms with Crippen molar-refractivity contribution in [1.29, 1.82) is 0 Å². The summed E-state index contributed by atoms with van der Waals surface area (Å²) in [5, 5.41) is 2.70. The first kappa shape index (κ1) is 48.9. The van der Waals surface area contributed by atoms with Gasteiger partial charge in [-0.2, -0.15) is 0 Å². The standard InChI is InChI=1S/C45H57N5O9S3Si2/c1-9-48(10-2)33-14-17-36-39(26-33)58-40-27-34(49(11-3)12-4)15-18-37(40)44(36)38-19-16-35(28-41(38)62(55,56)57)61(53,54)24-22-32-29-46-45(47-30-32)60-31-64(7,8)59-63(5,6)25-13-23-50-42(51)20-21-43(50)52/h14-21,26-30H,9-13,22-25,31H2,1-8H3. The molecule has 1 aromatic heterocycles. The summed E-state index contributed by atoms with van der Waals surface area (Å²) in [5.74, 6) is -0.439. The molecule has 3 heterocycles. The molecule has 64 heavy (non-hydrogen) atoms. The maximum atomic E-state index is 13.8. The van der Waals surface area contributed by atoms with E-state index in [4.69, 9.17) is 8.53 Å². The Balaban J connectivity index is 1.20. The molecule has 0 radical (unpaired) electrons. The molecule has 2 amide bonds. The molecule has 0 N–H and O–H groups in total. The van der Waals surface area contributed by atoms with Crippen molar-refractivity contribution in [1.82, 2.24) is 19.4 Å². The van der Waals surface area contributed by atoms with Crippen LogP contribution in [0.4, 0.5) is 5.69 Å². The molecule has 2 aromatic carbocycles. The van der Waals surface area contributed by atoms with Crippen LogP contribution in [0, 0.1) is 0 Å². The Bertz CT molecular complexity index is 2820. The first-order valence-corrected chi connectivity index (χ1v) is 31.8. The lowest BCUT2D eigenvalue weighted by Gasteiger charge is -2.34. The van der Waals surface area contributed by atoms with Crippen LogP contribution in [0.5, 0.6) is 0 Å². The second-order valence-electron chi connectivity index (χ2n) is 16.9. The van der Waals surface area contributed by atoms with Crippen LogP contribution < -0.4 is 14.8 Å². The van der Waals surface area contributed by atoms with E-state index in [1.165, 1.54) is 40.9 Å². The number of sulfone groups is 1. The number of amides is 2. The number of nitrogens with zero attached hydrogens (tertiary/aromatic N) is 5. The lowest BCUT2D eigenvalue weighted by molar-refractivity contribution is -0.136. The van der Waals surface area contributed by atoms with Crippen LogP contribution in [0.3, 0.4) is 0 Å². The molecule has 6 rings (SSSR count). The summed E-state index contributed by atoms with van der Waals surface area (Å²) in [5.41, 5.74) is 3.09. The molecule has 0 fully saturated rings. The van der Waals surface area contributed by atoms with E-state index in [1.54, 1.807) is 12.4 Å². The van der Waals surface area contributed by atoms with Crippen molar-refractivity contribution < 1.29 is 39.5 Å². The average molecular weight is 964 g/mol. The normalized spacial score (nSPS) is 13.7. The maximum absolute atomic E-state index is 13.8. The highest BCUT2D eigenvalue weighted by atomic mass is 32.2. The number of anilines is 1. The van der Waals surface area contributed by atoms with Gasteiger partial charge in [-0.1, -0.05) is 17.8 Å². The fraction of sp³-hybridized carbons (Fsp3) is 0.400. The number of fused-ring (bicyclic) bond motifs is 2. The molecule has 0 saturated carbocycles. The summed E-state index contributed by atoms with van der Waals surface area (Å²) in [4.78, 5) is 35.2. The first-order chi connectivity index (χ1) is 30.2. The number of hydrogen-bond acceptors (Lipinski definition) is 13. The summed E-state index contributed by atoms with van der Waals surface area (Å²) in [7, 11) is -13.6. The predicted molar refractivity (Wildman–Crippen MR) is 256 cm³/mol. The molecule has 0 atom stereocenters. The van der Waals surface area contributed by atoms with E-state index >= 15 is 0 Å². The summed E-state index contributed by atoms with van der Waals surface area (Å²) >= 11 is 1.47. The van der Waals surface area contributed by atoms with Crippen molar-refractivity contribution >= 4 is 76.8 Å². The van der Waals surface area contributed by atoms with Crippen LogP contribution in [-0.4, -0.2) is 109 Å². The SMILES string of the molecule is CCN(CC)c1ccc2c(-c3ccc(S(=O)(=O)CCc4cnc(SC[Si](C)(C)O[Si](C)(C)CCCN5C(=O)C=CC5=O)nc4)cc3S(=O)(=O)[O-])c3ccc(=[N+](CC)CC)cc-3oc2c1. The summed E-state index contributed by atoms with van der Waals surface area (Å²) in [6.45, 7) is 20.2. The lowest BCUT2D eigenvalue weighted by atomic mass is 9.93. The highest BCUT2D eigenvalue weighted by molar-refractivity contribution is 8.00. The Labute approximate surface area is 382 Å². The molecule has 3 aliphatic rings. The topological polar surface area (TPSA) is 183 Å². The van der Waals surface area contributed by atoms with Crippen LogP contribution in [0.25, 0.3) is 33.4 Å². The van der Waals surface area contributed by atoms with Gasteiger partial charge in [0.2, 0.25) is 5.36 Å². The molecule has 19 heteroatoms. The number of rotatable bonds is 20. The molecule has 14 nitrogen and oxygen atoms in total. The van der Waals surface area contributed by atoms with Gasteiger partial charge in [0.25, 0.3) is 11.8 Å². The van der Waals surface area contributed by atoms with Gasteiger partial charge in [-0.25, -0.2) is 31.4 Å². The number of aryl methyl sites for hydroxylation is 1. The minimum absolute atomic E-state index is 0.0571. The lowest BCUT2D eigenvalue weighted by Crippen LogP contribution is -2.46. The van der Waals surface area contributed by atoms with Crippen molar-refractivity contribution in [2.75, 3.05) is 48.8 Å². The fourth-order valence-corrected chi connectivity index (χ4v) is 20.6. The number of thioether (sulfide) groups is 1. The highest BCUT2D eigenvalue weighted by Crippen LogP contribution is 2.43. The Morgan fingerprint density at radius 2 is 1.50 bits per heavy atom. The van der Waals surface area contributed by atoms with Gasteiger partial charge in [0.15, 0.2) is 31.6 Å². The van der Waals surface area contributed by atoms with Crippen LogP contribution in [0.1, 0.15) is 39.7 Å². The second kappa shape index (κ2) is 19.9. The third-order valence-corrected chi connectivity index (χ3v) is 23.7. The smallest absolute Gasteiger partial charge is 0.253 e. The van der Waals surface area contributed by atoms with Gasteiger partial charge in [-0.05, 0) is 109 Å². The molecule has 342 valence electrons. The highest BCUT2D eigenvalue weighted by Gasteiger charge is 2.34. The van der Waals surface area contributed by atoms with Gasteiger partial charge < -0.3 is 18.0 Å². The quantitative estimate of drug-likeness (QED) is 0.0149. The van der Waals surface area contributed by atoms with E-state index in [1.807, 2.05) is 36.4 Å². The Kier molecular flexibility index (Phi) is 15.2. The van der Waals surface area contributed by atoms with Gasteiger partial charge in [-0.15, -0.1) is 0 Å². The zero-order valence-electron chi connectivity index (χ0n) is 37.7. The van der Waals surface area contributed by atoms with E-state index in [0.717, 1.165) is 49.3 Å². The minimum Gasteiger partial charge on any atom is -0.744 e. The summed E-state index contributed by atoms with van der Waals surface area (Å²) in [6, 6.07) is 15.9. The number of carbonyl (C=O) groups excluding carboxylic acids is 2. The van der Waals surface area contributed by atoms with E-state index in [-0.39, 0.29) is 34.4 Å². The number of hydrogen-bond donors (Lipinski definition) is 0. The molecule has 0 unspecified atom stereocenters. The fourth-order valence-electron chi connectivity index (χ4n) is 8.14. The Hall–Kier alpha value is -4.51. The van der Waals surface area contributed by atoms with Gasteiger partial charge in [0.05, 0.1) is 21.6 Å². The van der Waals surface area contributed by atoms with Crippen LogP contribution in [0.15, 0.2) is 98.5 Å². The van der Waals surface area contributed by atoms with Crippen molar-refractivity contribution in [2.24, 2.45) is 0 Å². The number of carbonyl (C=O) groups is 2. The molecule has 2 aliphatic heterocycles. The summed E-state index contributed by atoms with van der Waals surface area (Å²) in [6.07, 6.45) is 6.49. The molecule has 1 aliphatic carbocycles. The van der Waals surface area contributed by atoms with Crippen molar-refractivity contribution in [3.8, 4) is 22.5 Å². The molecular weight excluding hydrogens is 907 g/mol. The zero-order valence-corrected chi connectivity index (χ0v) is 42.2. The van der Waals surface area contributed by atoms with Gasteiger partial charge in [0, 0.05) is 89.5 Å². The van der Waals surface area contributed by atoms with Crippen LogP contribution in [0.2, 0.25) is 32.2 Å². The number of imide groups is 1. The van der Waals surface area contributed by atoms with Crippen LogP contribution in [-0.2, 0) is 40.1 Å². The predicted octanol–water partition coefficient (Wildman–Crippen LogP) is 6.95. The third-order valence-electron chi connectivity index (χ3n) is 11.3. The van der Waals surface area contributed by atoms with Crippen molar-refractivity contribution in [2.45, 2.75) is 87.7 Å². The van der Waals surface area contributed by atoms with Gasteiger partial charge in [0.1, 0.15) is 34.6 Å². The maximum Gasteiger partial charge on any atom is 0.253 e. The van der Waals surface area contributed by atoms with E-state index in [9.17, 15) is 31.0 Å². The summed E-state index contributed by atoms with van der Waals surface area (Å²) < 4.78 is 82.3. The van der Waals surface area contributed by atoms with Gasteiger partial charge in [-0.3, -0.25) is 14.5 Å². The van der Waals surface area contributed by atoms with Crippen molar-refractivity contribution in [3.05, 3.63) is 90.1 Å². The van der Waals surface area contributed by atoms with Crippen LogP contribution >= 0.6 is 11.8 Å². The Morgan fingerprint density at radius 3 is 2.12 bits per heavy atom. The largest absolute Gasteiger partial charge is 0.744 e. The van der Waals surface area contributed by atoms with E-state index < -0.39 is 41.5 Å². The third kappa shape index (κ3) is 11.5. The van der Waals surface area contributed by atoms with E-state index in [2.05, 4.69) is 73.3 Å². The van der Waals surface area contributed by atoms with Gasteiger partial charge >= 0.3 is 0 Å². The zero-order chi connectivity index (χ0) is 46.6. The molecule has 0 bridgehead atoms. The monoisotopic (exact) mass is 963 g/mol. The molecular formula is C45H57N5O9S3Si2. The first-order valence-electron chi connectivity index (χ1n) is 21.5. The average Bonchev–Trinajstić information content (AvgIpc) is 3.57. The minimum atomic E-state index is -5.18. The molecule has 0 spiro atoms. The Morgan fingerprint density at radius 1 is 0.844 bits per heavy atom. The second-order valence-corrected chi connectivity index (χ2v) is 30.5. The van der Waals surface area contributed by atoms with Crippen molar-refractivity contribution in [3.63, 3.8) is 0 Å². The number of benzene rings is 3. The number of aromatic nitrogens is 2. The van der Waals surface area contributed by atoms with E-state index in [0.29, 0.717) is 56.9 Å².